The van der Waals surface area contributed by atoms with Gasteiger partial charge in [-0.2, -0.15) is 0 Å². The zero-order valence-electron chi connectivity index (χ0n) is 15.8. The zero-order valence-corrected chi connectivity index (χ0v) is 16.7. The van der Waals surface area contributed by atoms with E-state index in [0.717, 1.165) is 24.1 Å². The van der Waals surface area contributed by atoms with Crippen LogP contribution in [0, 0.1) is 0 Å². The number of aliphatic carboxylic acids is 1. The van der Waals surface area contributed by atoms with Crippen LogP contribution in [0.5, 0.6) is 11.5 Å². The van der Waals surface area contributed by atoms with E-state index < -0.39 is 12.0 Å². The predicted octanol–water partition coefficient (Wildman–Crippen LogP) is 4.06. The van der Waals surface area contributed by atoms with Crippen LogP contribution in [-0.2, 0) is 4.79 Å². The Hall–Kier alpha value is -2.18. The smallest absolute Gasteiger partial charge is 0.320 e. The van der Waals surface area contributed by atoms with Crippen molar-refractivity contribution >= 4 is 17.7 Å². The molecule has 0 aromatic heterocycles. The molecule has 1 N–H and O–H groups in total. The minimum absolute atomic E-state index is 0.149. The van der Waals surface area contributed by atoms with Crippen molar-refractivity contribution in [2.24, 2.45) is 0 Å². The molecule has 3 rings (SSSR count). The van der Waals surface area contributed by atoms with Crippen molar-refractivity contribution in [2.45, 2.75) is 29.8 Å². The van der Waals surface area contributed by atoms with Gasteiger partial charge in [0.05, 0.1) is 20.3 Å². The Balaban J connectivity index is 2.08. The van der Waals surface area contributed by atoms with E-state index in [4.69, 9.17) is 9.47 Å². The van der Waals surface area contributed by atoms with Crippen LogP contribution in [0.15, 0.2) is 47.4 Å². The summed E-state index contributed by atoms with van der Waals surface area (Å²) in [5, 5.41) is 9.70. The highest BCUT2D eigenvalue weighted by Crippen LogP contribution is 2.39. The molecule has 2 aromatic carbocycles. The quantitative estimate of drug-likeness (QED) is 0.723. The largest absolute Gasteiger partial charge is 0.493 e. The molecule has 2 unspecified atom stereocenters. The first-order valence-corrected chi connectivity index (χ1v) is 10.2. The van der Waals surface area contributed by atoms with Gasteiger partial charge in [-0.15, -0.1) is 11.8 Å². The lowest BCUT2D eigenvalue weighted by Gasteiger charge is -2.32. The monoisotopic (exact) mass is 387 g/mol. The second kappa shape index (κ2) is 8.67. The third-order valence-electron chi connectivity index (χ3n) is 5.07. The predicted molar refractivity (Wildman–Crippen MR) is 107 cm³/mol. The van der Waals surface area contributed by atoms with Crippen molar-refractivity contribution in [3.8, 4) is 11.5 Å². The Labute approximate surface area is 164 Å². The Kier molecular flexibility index (Phi) is 6.29. The molecule has 144 valence electrons. The summed E-state index contributed by atoms with van der Waals surface area (Å²) in [6, 6.07) is 13.5. The van der Waals surface area contributed by atoms with E-state index in [9.17, 15) is 9.90 Å². The lowest BCUT2D eigenvalue weighted by molar-refractivity contribution is -0.142. The number of hydrogen-bond donors (Lipinski definition) is 1. The molecule has 2 aromatic rings. The Morgan fingerprint density at radius 1 is 1.11 bits per heavy atom. The summed E-state index contributed by atoms with van der Waals surface area (Å²) in [5.74, 6) is 0.541. The van der Waals surface area contributed by atoms with Gasteiger partial charge in [-0.25, -0.2) is 0 Å². The van der Waals surface area contributed by atoms with E-state index in [1.165, 1.54) is 4.90 Å². The number of thioether (sulfide) groups is 1. The lowest BCUT2D eigenvalue weighted by atomic mass is 9.96. The Bertz CT molecular complexity index is 793. The third-order valence-corrected chi connectivity index (χ3v) is 5.81. The SMILES string of the molecule is COc1ccc(C(c2ccc(SC)cc2)N2CCCC2C(=O)O)cc1OC. The summed E-state index contributed by atoms with van der Waals surface area (Å²) >= 11 is 1.69. The first-order chi connectivity index (χ1) is 13.1. The maximum Gasteiger partial charge on any atom is 0.320 e. The molecule has 2 atom stereocenters. The molecule has 1 heterocycles. The second-order valence-corrected chi connectivity index (χ2v) is 7.40. The molecule has 27 heavy (non-hydrogen) atoms. The molecule has 1 saturated heterocycles. The molecule has 0 amide bonds. The van der Waals surface area contributed by atoms with Crippen LogP contribution in [0.3, 0.4) is 0 Å². The summed E-state index contributed by atoms with van der Waals surface area (Å²) in [5.41, 5.74) is 2.07. The molecule has 6 heteroatoms. The number of carbonyl (C=O) groups is 1. The number of likely N-dealkylation sites (tertiary alicyclic amines) is 1. The van der Waals surface area contributed by atoms with Crippen LogP contribution < -0.4 is 9.47 Å². The molecule has 1 fully saturated rings. The molecule has 0 bridgehead atoms. The molecule has 1 aliphatic rings. The van der Waals surface area contributed by atoms with Crippen LogP contribution in [0.25, 0.3) is 0 Å². The molecule has 5 nitrogen and oxygen atoms in total. The first kappa shape index (κ1) is 19.6. The van der Waals surface area contributed by atoms with Gasteiger partial charge in [-0.1, -0.05) is 18.2 Å². The van der Waals surface area contributed by atoms with Gasteiger partial charge < -0.3 is 14.6 Å². The molecule has 0 spiro atoms. The fourth-order valence-electron chi connectivity index (χ4n) is 3.75. The Morgan fingerprint density at radius 3 is 2.37 bits per heavy atom. The van der Waals surface area contributed by atoms with Crippen LogP contribution in [0.2, 0.25) is 0 Å². The molecule has 0 aliphatic carbocycles. The minimum atomic E-state index is -0.765. The first-order valence-electron chi connectivity index (χ1n) is 8.93. The zero-order chi connectivity index (χ0) is 19.4. The van der Waals surface area contributed by atoms with Gasteiger partial charge in [-0.3, -0.25) is 9.69 Å². The normalized spacial score (nSPS) is 18.3. The summed E-state index contributed by atoms with van der Waals surface area (Å²) in [4.78, 5) is 15.1. The number of rotatable bonds is 7. The number of carboxylic acids is 1. The molecule has 0 radical (unpaired) electrons. The molecular formula is C21H25NO4S. The van der Waals surface area contributed by atoms with E-state index in [1.807, 2.05) is 24.5 Å². The standard InChI is InChI=1S/C21H25NO4S/c1-25-18-11-8-15(13-19(18)26-2)20(14-6-9-16(27-3)10-7-14)22-12-4-5-17(22)21(23)24/h6-11,13,17,20H,4-5,12H2,1-3H3,(H,23,24). The fraction of sp³-hybridized carbons (Fsp3) is 0.381. The molecule has 0 saturated carbocycles. The Morgan fingerprint density at radius 2 is 1.78 bits per heavy atom. The van der Waals surface area contributed by atoms with E-state index in [0.29, 0.717) is 17.9 Å². The average Bonchev–Trinajstić information content (AvgIpc) is 3.18. The van der Waals surface area contributed by atoms with Crippen molar-refractivity contribution in [3.05, 3.63) is 53.6 Å². The number of nitrogens with zero attached hydrogens (tertiary/aromatic N) is 1. The number of benzene rings is 2. The summed E-state index contributed by atoms with van der Waals surface area (Å²) < 4.78 is 10.8. The summed E-state index contributed by atoms with van der Waals surface area (Å²) in [7, 11) is 3.22. The van der Waals surface area contributed by atoms with Crippen LogP contribution in [-0.4, -0.2) is 49.0 Å². The van der Waals surface area contributed by atoms with E-state index in [1.54, 1.807) is 26.0 Å². The summed E-state index contributed by atoms with van der Waals surface area (Å²) in [6.45, 7) is 0.750. The van der Waals surface area contributed by atoms with Gasteiger partial charge in [0.15, 0.2) is 11.5 Å². The van der Waals surface area contributed by atoms with Crippen molar-refractivity contribution in [2.75, 3.05) is 27.0 Å². The van der Waals surface area contributed by atoms with Crippen molar-refractivity contribution in [1.82, 2.24) is 4.90 Å². The van der Waals surface area contributed by atoms with Gasteiger partial charge in [0.25, 0.3) is 0 Å². The van der Waals surface area contributed by atoms with Crippen molar-refractivity contribution < 1.29 is 19.4 Å². The highest BCUT2D eigenvalue weighted by molar-refractivity contribution is 7.98. The lowest BCUT2D eigenvalue weighted by Crippen LogP contribution is -2.39. The topological polar surface area (TPSA) is 59.0 Å². The summed E-state index contributed by atoms with van der Waals surface area (Å²) in [6.07, 6.45) is 3.59. The minimum Gasteiger partial charge on any atom is -0.493 e. The van der Waals surface area contributed by atoms with Crippen LogP contribution in [0.1, 0.15) is 30.0 Å². The van der Waals surface area contributed by atoms with Gasteiger partial charge in [0, 0.05) is 11.4 Å². The van der Waals surface area contributed by atoms with Gasteiger partial charge in [-0.05, 0) is 54.5 Å². The van der Waals surface area contributed by atoms with E-state index in [2.05, 4.69) is 29.2 Å². The second-order valence-electron chi connectivity index (χ2n) is 6.52. The number of ether oxygens (including phenoxy) is 2. The maximum absolute atomic E-state index is 11.8. The average molecular weight is 388 g/mol. The van der Waals surface area contributed by atoms with Gasteiger partial charge >= 0.3 is 5.97 Å². The number of hydrogen-bond acceptors (Lipinski definition) is 5. The third kappa shape index (κ3) is 4.06. The highest BCUT2D eigenvalue weighted by Gasteiger charge is 2.37. The van der Waals surface area contributed by atoms with Gasteiger partial charge in [0.2, 0.25) is 0 Å². The fourth-order valence-corrected chi connectivity index (χ4v) is 4.16. The number of methoxy groups -OCH3 is 2. The highest BCUT2D eigenvalue weighted by atomic mass is 32.2. The van der Waals surface area contributed by atoms with E-state index >= 15 is 0 Å². The number of carboxylic acid groups (broad SMARTS) is 1. The van der Waals surface area contributed by atoms with E-state index in [-0.39, 0.29) is 6.04 Å². The van der Waals surface area contributed by atoms with Crippen LogP contribution >= 0.6 is 11.8 Å². The van der Waals surface area contributed by atoms with Gasteiger partial charge in [0.1, 0.15) is 6.04 Å². The molecule has 1 aliphatic heterocycles. The van der Waals surface area contributed by atoms with Crippen LogP contribution in [0.4, 0.5) is 0 Å². The molecular weight excluding hydrogens is 362 g/mol. The van der Waals surface area contributed by atoms with Crippen molar-refractivity contribution in [3.63, 3.8) is 0 Å². The van der Waals surface area contributed by atoms with Crippen molar-refractivity contribution in [1.29, 1.82) is 0 Å². The maximum atomic E-state index is 11.8.